The van der Waals surface area contributed by atoms with Crippen LogP contribution < -0.4 is 0 Å². The Kier molecular flexibility index (Phi) is 5.04. The Labute approximate surface area is 154 Å². The van der Waals surface area contributed by atoms with Gasteiger partial charge in [0, 0.05) is 22.9 Å². The number of nitrogens with zero attached hydrogens (tertiary/aromatic N) is 2. The van der Waals surface area contributed by atoms with Crippen molar-refractivity contribution < 1.29 is 4.79 Å². The molecule has 0 bridgehead atoms. The van der Waals surface area contributed by atoms with Gasteiger partial charge in [-0.2, -0.15) is 0 Å². The molecule has 0 saturated carbocycles. The number of carbonyl (C=O) groups is 1. The lowest BCUT2D eigenvalue weighted by Crippen LogP contribution is -2.26. The number of carbonyl (C=O) groups excluding carboxylic acids is 1. The molecule has 0 aliphatic heterocycles. The summed E-state index contributed by atoms with van der Waals surface area (Å²) in [5.41, 5.74) is 3.96. The summed E-state index contributed by atoms with van der Waals surface area (Å²) in [7, 11) is 1.78. The molecule has 124 valence electrons. The summed E-state index contributed by atoms with van der Waals surface area (Å²) < 4.78 is 0.733. The minimum absolute atomic E-state index is 0.0770. The minimum Gasteiger partial charge on any atom is -0.335 e. The lowest BCUT2D eigenvalue weighted by Gasteiger charge is -2.14. The zero-order valence-electron chi connectivity index (χ0n) is 13.7. The van der Waals surface area contributed by atoms with Gasteiger partial charge in [-0.15, -0.1) is 22.7 Å². The normalized spacial score (nSPS) is 10.8. The van der Waals surface area contributed by atoms with Crippen LogP contribution in [0.4, 0.5) is 0 Å². The Morgan fingerprint density at radius 2 is 2.04 bits per heavy atom. The Hall–Kier alpha value is -1.69. The van der Waals surface area contributed by atoms with Crippen molar-refractivity contribution in [2.24, 2.45) is 0 Å². The third kappa shape index (κ3) is 3.69. The third-order valence-corrected chi connectivity index (χ3v) is 5.80. The maximum Gasteiger partial charge on any atom is 0.273 e. The molecule has 0 fully saturated rings. The van der Waals surface area contributed by atoms with Gasteiger partial charge in [-0.3, -0.25) is 4.79 Å². The van der Waals surface area contributed by atoms with E-state index in [2.05, 4.69) is 37.0 Å². The number of thiophene rings is 1. The molecule has 6 heteroatoms. The summed E-state index contributed by atoms with van der Waals surface area (Å²) in [6.07, 6.45) is 0. The van der Waals surface area contributed by atoms with E-state index in [1.165, 1.54) is 33.8 Å². The fourth-order valence-electron chi connectivity index (χ4n) is 2.49. The topological polar surface area (TPSA) is 33.2 Å². The molecule has 2 aromatic heterocycles. The summed E-state index contributed by atoms with van der Waals surface area (Å²) in [4.78, 5) is 19.9. The highest BCUT2D eigenvalue weighted by atomic mass is 35.5. The molecule has 0 unspecified atom stereocenters. The van der Waals surface area contributed by atoms with E-state index in [0.29, 0.717) is 12.2 Å². The van der Waals surface area contributed by atoms with Gasteiger partial charge in [-0.25, -0.2) is 4.98 Å². The van der Waals surface area contributed by atoms with Crippen molar-refractivity contribution in [3.63, 3.8) is 0 Å². The van der Waals surface area contributed by atoms with Crippen molar-refractivity contribution in [3.8, 4) is 10.6 Å². The average Bonchev–Trinajstić information content (AvgIpc) is 3.16. The first-order chi connectivity index (χ1) is 11.4. The van der Waals surface area contributed by atoms with E-state index in [1.54, 1.807) is 11.9 Å². The molecule has 0 aliphatic rings. The van der Waals surface area contributed by atoms with Crippen LogP contribution in [0.3, 0.4) is 0 Å². The monoisotopic (exact) mass is 376 g/mol. The highest BCUT2D eigenvalue weighted by Crippen LogP contribution is 2.28. The van der Waals surface area contributed by atoms with Crippen molar-refractivity contribution in [2.45, 2.75) is 20.4 Å². The van der Waals surface area contributed by atoms with E-state index >= 15 is 0 Å². The number of hydrogen-bond donors (Lipinski definition) is 0. The number of aryl methyl sites for hydroxylation is 2. The van der Waals surface area contributed by atoms with E-state index in [1.807, 2.05) is 17.5 Å². The first kappa shape index (κ1) is 17.1. The van der Waals surface area contributed by atoms with Gasteiger partial charge in [-0.1, -0.05) is 35.4 Å². The van der Waals surface area contributed by atoms with Crippen molar-refractivity contribution in [2.75, 3.05) is 7.05 Å². The highest BCUT2D eigenvalue weighted by molar-refractivity contribution is 7.16. The molecular formula is C18H17ClN2OS2. The largest absolute Gasteiger partial charge is 0.335 e. The van der Waals surface area contributed by atoms with E-state index in [-0.39, 0.29) is 5.91 Å². The molecule has 0 radical (unpaired) electrons. The molecule has 0 aliphatic carbocycles. The second-order valence-corrected chi connectivity index (χ2v) is 8.38. The standard InChI is InChI=1S/C18H17ClN2OS2/c1-11-4-6-14(12(2)8-11)17-20-15(10-23-17)18(22)21(3)9-13-5-7-16(19)24-13/h4-8,10H,9H2,1-3H3. The predicted molar refractivity (Wildman–Crippen MR) is 102 cm³/mol. The molecule has 1 aromatic carbocycles. The fourth-order valence-corrected chi connectivity index (χ4v) is 4.51. The van der Waals surface area contributed by atoms with Gasteiger partial charge < -0.3 is 4.90 Å². The zero-order chi connectivity index (χ0) is 17.3. The Morgan fingerprint density at radius 1 is 1.25 bits per heavy atom. The molecule has 0 saturated heterocycles. The zero-order valence-corrected chi connectivity index (χ0v) is 16.1. The molecular weight excluding hydrogens is 360 g/mol. The van der Waals surface area contributed by atoms with Crippen LogP contribution in [-0.2, 0) is 6.54 Å². The molecule has 1 amide bonds. The van der Waals surface area contributed by atoms with Gasteiger partial charge in [0.05, 0.1) is 10.9 Å². The van der Waals surface area contributed by atoms with E-state index in [4.69, 9.17) is 11.6 Å². The second-order valence-electron chi connectivity index (χ2n) is 5.72. The summed E-state index contributed by atoms with van der Waals surface area (Å²) in [5.74, 6) is -0.0770. The van der Waals surface area contributed by atoms with Gasteiger partial charge in [0.25, 0.3) is 5.91 Å². The Balaban J connectivity index is 1.78. The van der Waals surface area contributed by atoms with Crippen LogP contribution in [0, 0.1) is 13.8 Å². The molecule has 0 atom stereocenters. The summed E-state index contributed by atoms with van der Waals surface area (Å²) >= 11 is 8.93. The number of thiazole rings is 1. The number of halogens is 1. The predicted octanol–water partition coefficient (Wildman–Crippen LogP) is 5.41. The van der Waals surface area contributed by atoms with Crippen LogP contribution in [0.25, 0.3) is 10.6 Å². The first-order valence-corrected chi connectivity index (χ1v) is 9.54. The SMILES string of the molecule is Cc1ccc(-c2nc(C(=O)N(C)Cc3ccc(Cl)s3)cs2)c(C)c1. The second kappa shape index (κ2) is 7.05. The number of hydrogen-bond acceptors (Lipinski definition) is 4. The van der Waals surface area contributed by atoms with Gasteiger partial charge in [-0.05, 0) is 31.5 Å². The number of benzene rings is 1. The molecule has 0 N–H and O–H groups in total. The first-order valence-electron chi connectivity index (χ1n) is 7.47. The maximum absolute atomic E-state index is 12.6. The van der Waals surface area contributed by atoms with Gasteiger partial charge >= 0.3 is 0 Å². The lowest BCUT2D eigenvalue weighted by molar-refractivity contribution is 0.0781. The van der Waals surface area contributed by atoms with Crippen LogP contribution in [0.1, 0.15) is 26.5 Å². The van der Waals surface area contributed by atoms with Crippen molar-refractivity contribution >= 4 is 40.2 Å². The summed E-state index contributed by atoms with van der Waals surface area (Å²) in [6, 6.07) is 10.1. The number of aromatic nitrogens is 1. The van der Waals surface area contributed by atoms with E-state index in [0.717, 1.165) is 19.8 Å². The Morgan fingerprint density at radius 3 is 2.71 bits per heavy atom. The average molecular weight is 377 g/mol. The molecule has 3 aromatic rings. The quantitative estimate of drug-likeness (QED) is 0.609. The van der Waals surface area contributed by atoms with Crippen LogP contribution >= 0.6 is 34.3 Å². The van der Waals surface area contributed by atoms with Crippen molar-refractivity contribution in [1.29, 1.82) is 0 Å². The highest BCUT2D eigenvalue weighted by Gasteiger charge is 2.17. The van der Waals surface area contributed by atoms with Crippen LogP contribution in [0.2, 0.25) is 4.34 Å². The van der Waals surface area contributed by atoms with Crippen LogP contribution in [0.5, 0.6) is 0 Å². The van der Waals surface area contributed by atoms with E-state index in [9.17, 15) is 4.79 Å². The lowest BCUT2D eigenvalue weighted by atomic mass is 10.1. The van der Waals surface area contributed by atoms with Gasteiger partial charge in [0.1, 0.15) is 10.7 Å². The summed E-state index contributed by atoms with van der Waals surface area (Å²) in [6.45, 7) is 4.67. The fraction of sp³-hybridized carbons (Fsp3) is 0.222. The van der Waals surface area contributed by atoms with Crippen LogP contribution in [-0.4, -0.2) is 22.8 Å². The molecule has 3 rings (SSSR count). The molecule has 3 nitrogen and oxygen atoms in total. The van der Waals surface area contributed by atoms with Crippen molar-refractivity contribution in [3.05, 3.63) is 61.7 Å². The molecule has 24 heavy (non-hydrogen) atoms. The van der Waals surface area contributed by atoms with E-state index < -0.39 is 0 Å². The Bertz CT molecular complexity index is 885. The molecule has 2 heterocycles. The molecule has 0 spiro atoms. The van der Waals surface area contributed by atoms with Crippen molar-refractivity contribution in [1.82, 2.24) is 9.88 Å². The number of amides is 1. The third-order valence-electron chi connectivity index (χ3n) is 3.70. The summed E-state index contributed by atoms with van der Waals surface area (Å²) in [5, 5.41) is 2.71. The maximum atomic E-state index is 12.6. The smallest absolute Gasteiger partial charge is 0.273 e. The van der Waals surface area contributed by atoms with Gasteiger partial charge in [0.15, 0.2) is 0 Å². The van der Waals surface area contributed by atoms with Gasteiger partial charge in [0.2, 0.25) is 0 Å². The van der Waals surface area contributed by atoms with Crippen LogP contribution in [0.15, 0.2) is 35.7 Å². The number of rotatable bonds is 4. The minimum atomic E-state index is -0.0770.